The van der Waals surface area contributed by atoms with Crippen LogP contribution in [0.1, 0.15) is 24.0 Å². The first kappa shape index (κ1) is 13.0. The topological polar surface area (TPSA) is 47.0 Å². The zero-order chi connectivity index (χ0) is 12.6. The number of ether oxygens (including phenoxy) is 1. The molecule has 2 aromatic heterocycles. The van der Waals surface area contributed by atoms with E-state index in [1.807, 2.05) is 17.5 Å². The van der Waals surface area contributed by atoms with Crippen molar-refractivity contribution < 1.29 is 4.74 Å². The minimum absolute atomic E-state index is 0.507. The predicted molar refractivity (Wildman–Crippen MR) is 72.7 cm³/mol. The van der Waals surface area contributed by atoms with Crippen molar-refractivity contribution in [2.75, 3.05) is 6.54 Å². The molecule has 0 aliphatic heterocycles. The fraction of sp³-hybridized carbons (Fsp3) is 0.385. The molecule has 0 saturated carbocycles. The van der Waals surface area contributed by atoms with Crippen LogP contribution < -0.4 is 10.1 Å². The lowest BCUT2D eigenvalue weighted by Gasteiger charge is -2.05. The van der Waals surface area contributed by atoms with Crippen LogP contribution in [0, 0.1) is 0 Å². The Balaban J connectivity index is 1.80. The second-order valence-corrected chi connectivity index (χ2v) is 4.86. The standard InChI is InChI=1S/C13H17N3OS/c1-2-5-14-8-11-3-4-12(9-16-11)17-10-13-15-6-7-18-13/h3-4,6-7,9,14H,2,5,8,10H2,1H3. The molecule has 2 aromatic rings. The Bertz CT molecular complexity index is 442. The number of nitrogens with zero attached hydrogens (tertiary/aromatic N) is 2. The molecule has 0 spiro atoms. The summed E-state index contributed by atoms with van der Waals surface area (Å²) < 4.78 is 5.60. The third kappa shape index (κ3) is 4.09. The molecule has 0 aliphatic carbocycles. The summed E-state index contributed by atoms with van der Waals surface area (Å²) in [4.78, 5) is 8.51. The van der Waals surface area contributed by atoms with Crippen molar-refractivity contribution in [1.29, 1.82) is 0 Å². The Hall–Kier alpha value is -1.46. The zero-order valence-electron chi connectivity index (χ0n) is 10.4. The molecule has 0 radical (unpaired) electrons. The van der Waals surface area contributed by atoms with Crippen molar-refractivity contribution in [3.8, 4) is 5.75 Å². The fourth-order valence-corrected chi connectivity index (χ4v) is 1.99. The van der Waals surface area contributed by atoms with Crippen LogP contribution in [0.25, 0.3) is 0 Å². The molecule has 0 unspecified atom stereocenters. The van der Waals surface area contributed by atoms with E-state index in [1.165, 1.54) is 0 Å². The molecule has 0 aromatic carbocycles. The molecule has 2 rings (SSSR count). The summed E-state index contributed by atoms with van der Waals surface area (Å²) in [6.07, 6.45) is 4.68. The summed E-state index contributed by atoms with van der Waals surface area (Å²) in [6, 6.07) is 3.93. The van der Waals surface area contributed by atoms with Gasteiger partial charge in [-0.3, -0.25) is 4.98 Å². The van der Waals surface area contributed by atoms with Crippen LogP contribution in [-0.4, -0.2) is 16.5 Å². The largest absolute Gasteiger partial charge is 0.485 e. The minimum Gasteiger partial charge on any atom is -0.485 e. The van der Waals surface area contributed by atoms with Crippen LogP contribution in [-0.2, 0) is 13.2 Å². The Morgan fingerprint density at radius 2 is 2.28 bits per heavy atom. The van der Waals surface area contributed by atoms with Gasteiger partial charge in [-0.25, -0.2) is 4.98 Å². The van der Waals surface area contributed by atoms with Gasteiger partial charge in [0.25, 0.3) is 0 Å². The van der Waals surface area contributed by atoms with Gasteiger partial charge in [0.2, 0.25) is 0 Å². The molecular formula is C13H17N3OS. The van der Waals surface area contributed by atoms with E-state index in [-0.39, 0.29) is 0 Å². The molecule has 2 heterocycles. The monoisotopic (exact) mass is 263 g/mol. The maximum atomic E-state index is 5.60. The average Bonchev–Trinajstić information content (AvgIpc) is 2.91. The van der Waals surface area contributed by atoms with Gasteiger partial charge in [0.1, 0.15) is 17.4 Å². The van der Waals surface area contributed by atoms with Crippen LogP contribution in [0.3, 0.4) is 0 Å². The summed E-state index contributed by atoms with van der Waals surface area (Å²) in [7, 11) is 0. The lowest BCUT2D eigenvalue weighted by molar-refractivity contribution is 0.304. The van der Waals surface area contributed by atoms with E-state index in [1.54, 1.807) is 23.7 Å². The van der Waals surface area contributed by atoms with Crippen molar-refractivity contribution in [3.05, 3.63) is 40.6 Å². The van der Waals surface area contributed by atoms with E-state index in [4.69, 9.17) is 4.74 Å². The average molecular weight is 263 g/mol. The van der Waals surface area contributed by atoms with E-state index < -0.39 is 0 Å². The Morgan fingerprint density at radius 3 is 2.94 bits per heavy atom. The molecule has 18 heavy (non-hydrogen) atoms. The lowest BCUT2D eigenvalue weighted by atomic mass is 10.3. The second-order valence-electron chi connectivity index (χ2n) is 3.88. The summed E-state index contributed by atoms with van der Waals surface area (Å²) in [5, 5.41) is 6.23. The quantitative estimate of drug-likeness (QED) is 0.780. The third-order valence-corrected chi connectivity index (χ3v) is 3.13. The number of hydrogen-bond acceptors (Lipinski definition) is 5. The Labute approximate surface area is 111 Å². The van der Waals surface area contributed by atoms with Crippen LogP contribution >= 0.6 is 11.3 Å². The van der Waals surface area contributed by atoms with Crippen molar-refractivity contribution in [1.82, 2.24) is 15.3 Å². The van der Waals surface area contributed by atoms with Crippen LogP contribution in [0.2, 0.25) is 0 Å². The van der Waals surface area contributed by atoms with Crippen LogP contribution in [0.4, 0.5) is 0 Å². The number of nitrogens with one attached hydrogen (secondary N) is 1. The van der Waals surface area contributed by atoms with Gasteiger partial charge in [-0.15, -0.1) is 11.3 Å². The highest BCUT2D eigenvalue weighted by Gasteiger charge is 1.99. The Morgan fingerprint density at radius 1 is 1.33 bits per heavy atom. The molecule has 96 valence electrons. The highest BCUT2D eigenvalue weighted by Crippen LogP contribution is 2.13. The van der Waals surface area contributed by atoms with E-state index >= 15 is 0 Å². The van der Waals surface area contributed by atoms with Crippen molar-refractivity contribution in [2.45, 2.75) is 26.5 Å². The SMILES string of the molecule is CCCNCc1ccc(OCc2nccs2)cn1. The van der Waals surface area contributed by atoms with Gasteiger partial charge in [-0.1, -0.05) is 6.92 Å². The van der Waals surface area contributed by atoms with E-state index in [9.17, 15) is 0 Å². The first-order chi connectivity index (χ1) is 8.88. The zero-order valence-corrected chi connectivity index (χ0v) is 11.2. The minimum atomic E-state index is 0.507. The van der Waals surface area contributed by atoms with Gasteiger partial charge in [0, 0.05) is 18.1 Å². The predicted octanol–water partition coefficient (Wildman–Crippen LogP) is 2.62. The van der Waals surface area contributed by atoms with Gasteiger partial charge < -0.3 is 10.1 Å². The third-order valence-electron chi connectivity index (χ3n) is 2.38. The summed E-state index contributed by atoms with van der Waals surface area (Å²) in [6.45, 7) is 4.48. The van der Waals surface area contributed by atoms with E-state index in [0.717, 1.165) is 36.0 Å². The molecule has 0 saturated heterocycles. The van der Waals surface area contributed by atoms with E-state index in [0.29, 0.717) is 6.61 Å². The number of rotatable bonds is 7. The number of pyridine rings is 1. The van der Waals surface area contributed by atoms with Gasteiger partial charge in [0.15, 0.2) is 0 Å². The first-order valence-corrected chi connectivity index (χ1v) is 6.93. The first-order valence-electron chi connectivity index (χ1n) is 6.05. The number of hydrogen-bond donors (Lipinski definition) is 1. The van der Waals surface area contributed by atoms with Gasteiger partial charge in [-0.2, -0.15) is 0 Å². The molecule has 0 aliphatic rings. The highest BCUT2D eigenvalue weighted by atomic mass is 32.1. The molecule has 0 amide bonds. The molecule has 0 fully saturated rings. The smallest absolute Gasteiger partial charge is 0.140 e. The van der Waals surface area contributed by atoms with Crippen molar-refractivity contribution in [3.63, 3.8) is 0 Å². The van der Waals surface area contributed by atoms with Crippen LogP contribution in [0.15, 0.2) is 29.9 Å². The summed E-state index contributed by atoms with van der Waals surface area (Å²) >= 11 is 1.59. The highest BCUT2D eigenvalue weighted by molar-refractivity contribution is 7.09. The molecule has 5 heteroatoms. The summed E-state index contributed by atoms with van der Waals surface area (Å²) in [5.41, 5.74) is 1.03. The van der Waals surface area contributed by atoms with Gasteiger partial charge in [-0.05, 0) is 25.1 Å². The van der Waals surface area contributed by atoms with Crippen molar-refractivity contribution in [2.24, 2.45) is 0 Å². The fourth-order valence-electron chi connectivity index (χ4n) is 1.46. The number of aromatic nitrogens is 2. The number of thiazole rings is 1. The molecule has 1 N–H and O–H groups in total. The molecular weight excluding hydrogens is 246 g/mol. The summed E-state index contributed by atoms with van der Waals surface area (Å²) in [5.74, 6) is 0.782. The molecule has 4 nitrogen and oxygen atoms in total. The molecule has 0 bridgehead atoms. The second kappa shape index (κ2) is 7.08. The molecule has 0 atom stereocenters. The maximum absolute atomic E-state index is 5.60. The van der Waals surface area contributed by atoms with Gasteiger partial charge >= 0.3 is 0 Å². The van der Waals surface area contributed by atoms with Crippen molar-refractivity contribution >= 4 is 11.3 Å². The van der Waals surface area contributed by atoms with Gasteiger partial charge in [0.05, 0.1) is 11.9 Å². The van der Waals surface area contributed by atoms with E-state index in [2.05, 4.69) is 22.2 Å². The normalized spacial score (nSPS) is 10.5. The van der Waals surface area contributed by atoms with Crippen LogP contribution in [0.5, 0.6) is 5.75 Å². The lowest BCUT2D eigenvalue weighted by Crippen LogP contribution is -2.14. The maximum Gasteiger partial charge on any atom is 0.140 e. The Kier molecular flexibility index (Phi) is 5.11.